The van der Waals surface area contributed by atoms with Gasteiger partial charge in [0.2, 0.25) is 21.6 Å². The molecule has 6 rings (SSSR count). The molecule has 1 atom stereocenters. The fraction of sp³-hybridized carbons (Fsp3) is 0.345. The molecule has 11 nitrogen and oxygen atoms in total. The molecular weight excluding hydrogens is 544 g/mol. The molecule has 0 bridgehead atoms. The average Bonchev–Trinajstić information content (AvgIpc) is 3.60. The zero-order valence-electron chi connectivity index (χ0n) is 22.8. The number of hydrogen-bond donors (Lipinski definition) is 1. The van der Waals surface area contributed by atoms with Crippen molar-refractivity contribution in [2.45, 2.75) is 63.0 Å². The van der Waals surface area contributed by atoms with Crippen molar-refractivity contribution in [1.82, 2.24) is 23.9 Å². The summed E-state index contributed by atoms with van der Waals surface area (Å²) in [6.45, 7) is 13.2. The molecule has 0 saturated heterocycles. The van der Waals surface area contributed by atoms with Crippen molar-refractivity contribution in [2.24, 2.45) is 0 Å². The van der Waals surface area contributed by atoms with E-state index in [1.54, 1.807) is 0 Å². The third kappa shape index (κ3) is 4.71. The maximum absolute atomic E-state index is 13.9. The maximum atomic E-state index is 13.9. The Hall–Kier alpha value is -4.34. The van der Waals surface area contributed by atoms with E-state index in [0.717, 1.165) is 33.6 Å². The van der Waals surface area contributed by atoms with E-state index in [1.807, 2.05) is 55.6 Å². The lowest BCUT2D eigenvalue weighted by Crippen LogP contribution is -2.38. The van der Waals surface area contributed by atoms with Crippen molar-refractivity contribution in [3.63, 3.8) is 0 Å². The van der Waals surface area contributed by atoms with Crippen LogP contribution in [-0.4, -0.2) is 55.5 Å². The first kappa shape index (κ1) is 26.9. The second-order valence-electron chi connectivity index (χ2n) is 10.8. The van der Waals surface area contributed by atoms with Crippen LogP contribution in [0.15, 0.2) is 47.6 Å². The van der Waals surface area contributed by atoms with Gasteiger partial charge in [0.1, 0.15) is 16.3 Å². The van der Waals surface area contributed by atoms with Crippen LogP contribution in [0.4, 0.5) is 5.69 Å². The summed E-state index contributed by atoms with van der Waals surface area (Å²) < 4.78 is 37.1. The number of nitrogens with zero attached hydrogens (tertiary/aromatic N) is 6. The number of rotatable bonds is 6. The van der Waals surface area contributed by atoms with Crippen LogP contribution >= 0.6 is 0 Å². The third-order valence-corrected chi connectivity index (χ3v) is 9.84. The van der Waals surface area contributed by atoms with Gasteiger partial charge in [0.25, 0.3) is 0 Å². The summed E-state index contributed by atoms with van der Waals surface area (Å²) in [5, 5.41) is 18.3. The summed E-state index contributed by atoms with van der Waals surface area (Å²) in [6.07, 6.45) is 4.43. The summed E-state index contributed by atoms with van der Waals surface area (Å²) in [5.74, 6) is -0.673. The molecule has 0 unspecified atom stereocenters. The highest BCUT2D eigenvalue weighted by Gasteiger charge is 2.52. The Kier molecular flexibility index (Phi) is 6.32. The van der Waals surface area contributed by atoms with E-state index in [1.165, 1.54) is 16.6 Å². The van der Waals surface area contributed by atoms with Crippen molar-refractivity contribution in [3.8, 4) is 5.88 Å². The van der Waals surface area contributed by atoms with Crippen molar-refractivity contribution >= 4 is 27.3 Å². The minimum atomic E-state index is -4.04. The zero-order chi connectivity index (χ0) is 29.1. The van der Waals surface area contributed by atoms with Crippen molar-refractivity contribution in [1.29, 1.82) is 0 Å². The fourth-order valence-corrected chi connectivity index (χ4v) is 7.09. The topological polar surface area (TPSA) is 131 Å². The molecule has 3 aromatic heterocycles. The van der Waals surface area contributed by atoms with E-state index >= 15 is 0 Å². The quantitative estimate of drug-likeness (QED) is 0.338. The SMILES string of the molecule is [C-]#[N+]c1cnc2c(c1)S(=O)(=O)N(Cc1cc([C@H](CC(=O)O)c3ccn4c(C)nnc4c3C)ccc1C)CC1(CC1)O2. The van der Waals surface area contributed by atoms with E-state index in [0.29, 0.717) is 18.5 Å². The van der Waals surface area contributed by atoms with Gasteiger partial charge in [-0.3, -0.25) is 9.20 Å². The second-order valence-corrected chi connectivity index (χ2v) is 12.7. The molecule has 1 saturated carbocycles. The van der Waals surface area contributed by atoms with E-state index in [2.05, 4.69) is 20.0 Å². The molecule has 12 heteroatoms. The zero-order valence-corrected chi connectivity index (χ0v) is 23.6. The van der Waals surface area contributed by atoms with Gasteiger partial charge in [-0.15, -0.1) is 10.2 Å². The molecule has 1 spiro atoms. The minimum Gasteiger partial charge on any atom is -0.481 e. The molecule has 2 aliphatic rings. The Bertz CT molecular complexity index is 1870. The molecule has 4 heterocycles. The molecule has 4 aromatic rings. The molecule has 41 heavy (non-hydrogen) atoms. The number of fused-ring (bicyclic) bond motifs is 2. The number of pyridine rings is 2. The fourth-order valence-electron chi connectivity index (χ4n) is 5.51. The third-order valence-electron chi connectivity index (χ3n) is 8.05. The van der Waals surface area contributed by atoms with Crippen LogP contribution in [-0.2, 0) is 21.4 Å². The average molecular weight is 573 g/mol. The Morgan fingerprint density at radius 2 is 1.98 bits per heavy atom. The van der Waals surface area contributed by atoms with Gasteiger partial charge in [-0.25, -0.2) is 18.2 Å². The predicted molar refractivity (Wildman–Crippen MR) is 148 cm³/mol. The van der Waals surface area contributed by atoms with Gasteiger partial charge in [-0.05, 0) is 73.6 Å². The number of aryl methyl sites for hydroxylation is 3. The van der Waals surface area contributed by atoms with Gasteiger partial charge in [-0.2, -0.15) is 4.31 Å². The maximum Gasteiger partial charge on any atom is 0.304 e. The van der Waals surface area contributed by atoms with Gasteiger partial charge in [0, 0.05) is 24.9 Å². The first-order chi connectivity index (χ1) is 19.5. The molecule has 1 aliphatic carbocycles. The summed E-state index contributed by atoms with van der Waals surface area (Å²) in [6, 6.07) is 8.91. The monoisotopic (exact) mass is 572 g/mol. The summed E-state index contributed by atoms with van der Waals surface area (Å²) in [7, 11) is -4.04. The second kappa shape index (κ2) is 9.64. The number of aliphatic carboxylic acids is 1. The van der Waals surface area contributed by atoms with E-state index < -0.39 is 27.5 Å². The normalized spacial score (nSPS) is 17.8. The van der Waals surface area contributed by atoms with Crippen LogP contribution in [0, 0.1) is 27.3 Å². The summed E-state index contributed by atoms with van der Waals surface area (Å²) in [5.41, 5.74) is 4.19. The van der Waals surface area contributed by atoms with Crippen LogP contribution in [0.5, 0.6) is 5.88 Å². The number of carboxylic acid groups (broad SMARTS) is 1. The Balaban J connectivity index is 1.41. The van der Waals surface area contributed by atoms with Crippen molar-refractivity contribution in [2.75, 3.05) is 6.54 Å². The number of hydrogen-bond acceptors (Lipinski definition) is 7. The highest BCUT2D eigenvalue weighted by Crippen LogP contribution is 2.46. The molecule has 210 valence electrons. The first-order valence-corrected chi connectivity index (χ1v) is 14.6. The van der Waals surface area contributed by atoms with Crippen molar-refractivity contribution < 1.29 is 23.1 Å². The minimum absolute atomic E-state index is 0.0268. The summed E-state index contributed by atoms with van der Waals surface area (Å²) >= 11 is 0. The number of ether oxygens (including phenoxy) is 1. The van der Waals surface area contributed by atoms with Crippen LogP contribution in [0.3, 0.4) is 0 Å². The van der Waals surface area contributed by atoms with Gasteiger partial charge < -0.3 is 9.84 Å². The number of aromatic nitrogens is 4. The Morgan fingerprint density at radius 1 is 1.20 bits per heavy atom. The Labute approximate surface area is 237 Å². The van der Waals surface area contributed by atoms with Gasteiger partial charge >= 0.3 is 5.97 Å². The van der Waals surface area contributed by atoms with Gasteiger partial charge in [0.05, 0.1) is 19.5 Å². The predicted octanol–water partition coefficient (Wildman–Crippen LogP) is 4.32. The molecule has 1 N–H and O–H groups in total. The highest BCUT2D eigenvalue weighted by atomic mass is 32.2. The first-order valence-electron chi connectivity index (χ1n) is 13.2. The number of carboxylic acids is 1. The van der Waals surface area contributed by atoms with E-state index in [9.17, 15) is 18.3 Å². The lowest BCUT2D eigenvalue weighted by molar-refractivity contribution is -0.137. The number of benzene rings is 1. The molecule has 0 radical (unpaired) electrons. The number of sulfonamides is 1. The molecule has 1 aromatic carbocycles. The largest absolute Gasteiger partial charge is 0.481 e. The van der Waals surface area contributed by atoms with Gasteiger partial charge in [0.15, 0.2) is 5.65 Å². The van der Waals surface area contributed by atoms with Crippen molar-refractivity contribution in [3.05, 3.63) is 87.8 Å². The Morgan fingerprint density at radius 3 is 2.68 bits per heavy atom. The molecular formula is C29H28N6O5S. The lowest BCUT2D eigenvalue weighted by atomic mass is 9.85. The van der Waals surface area contributed by atoms with Crippen LogP contribution in [0.2, 0.25) is 0 Å². The standard InChI is InChI=1S/C29H28N6O5S/c1-17-5-6-20(24(13-26(36)37)23-7-10-35-19(3)32-33-27(35)18(23)2)11-21(17)15-34-16-29(8-9-29)40-28-25(41(34,38)39)12-22(30-4)14-31-28/h5-7,10-12,14,24H,8-9,13,15-16H2,1-3H3,(H,36,37)/t24-/m0/s1. The van der Waals surface area contributed by atoms with Crippen LogP contribution < -0.4 is 4.74 Å². The smallest absolute Gasteiger partial charge is 0.304 e. The lowest BCUT2D eigenvalue weighted by Gasteiger charge is -2.25. The number of carbonyl (C=O) groups is 1. The van der Waals surface area contributed by atoms with E-state index in [-0.39, 0.29) is 36.0 Å². The highest BCUT2D eigenvalue weighted by molar-refractivity contribution is 7.89. The summed E-state index contributed by atoms with van der Waals surface area (Å²) in [4.78, 5) is 19.4. The molecule has 1 fully saturated rings. The molecule has 1 aliphatic heterocycles. The molecule has 0 amide bonds. The van der Waals surface area contributed by atoms with E-state index in [4.69, 9.17) is 11.3 Å². The van der Waals surface area contributed by atoms with Crippen LogP contribution in [0.25, 0.3) is 10.5 Å². The van der Waals surface area contributed by atoms with Crippen LogP contribution in [0.1, 0.15) is 58.8 Å². The van der Waals surface area contributed by atoms with Gasteiger partial charge in [-0.1, -0.05) is 18.2 Å².